The Morgan fingerprint density at radius 2 is 2.08 bits per heavy atom. The average molecular weight is 335 g/mol. The fourth-order valence-electron chi connectivity index (χ4n) is 2.49. The normalized spacial score (nSPS) is 12.2. The van der Waals surface area contributed by atoms with Crippen LogP contribution in [0.2, 0.25) is 0 Å². The number of hydrogen-bond donors (Lipinski definition) is 1. The fourth-order valence-corrected chi connectivity index (χ4v) is 2.49. The molecule has 0 radical (unpaired) electrons. The van der Waals surface area contributed by atoms with E-state index in [9.17, 15) is 9.18 Å². The van der Waals surface area contributed by atoms with Crippen LogP contribution in [0.15, 0.2) is 73.3 Å². The van der Waals surface area contributed by atoms with E-state index in [1.807, 2.05) is 42.0 Å². The van der Waals surface area contributed by atoms with Crippen LogP contribution in [-0.4, -0.2) is 15.5 Å². The van der Waals surface area contributed by atoms with E-state index in [0.717, 1.165) is 11.3 Å². The lowest BCUT2D eigenvalue weighted by Gasteiger charge is -2.14. The smallest absolute Gasteiger partial charge is 0.244 e. The second kappa shape index (κ2) is 7.57. The minimum absolute atomic E-state index is 0.179. The topological polar surface area (TPSA) is 46.9 Å². The van der Waals surface area contributed by atoms with Gasteiger partial charge in [-0.15, -0.1) is 0 Å². The van der Waals surface area contributed by atoms with Gasteiger partial charge in [-0.1, -0.05) is 30.3 Å². The number of benzene rings is 2. The third kappa shape index (κ3) is 4.20. The van der Waals surface area contributed by atoms with E-state index in [1.165, 1.54) is 18.2 Å². The maximum Gasteiger partial charge on any atom is 0.244 e. The molecule has 1 heterocycles. The molecule has 0 aliphatic rings. The molecule has 2 aromatic carbocycles. The van der Waals surface area contributed by atoms with Gasteiger partial charge in [0.15, 0.2) is 0 Å². The van der Waals surface area contributed by atoms with Gasteiger partial charge in [-0.25, -0.2) is 9.37 Å². The van der Waals surface area contributed by atoms with E-state index in [4.69, 9.17) is 0 Å². The summed E-state index contributed by atoms with van der Waals surface area (Å²) in [5.74, 6) is -0.628. The van der Waals surface area contributed by atoms with Crippen molar-refractivity contribution < 1.29 is 9.18 Å². The van der Waals surface area contributed by atoms with E-state index in [0.29, 0.717) is 5.56 Å². The van der Waals surface area contributed by atoms with Crippen molar-refractivity contribution in [1.82, 2.24) is 14.9 Å². The van der Waals surface area contributed by atoms with Crippen molar-refractivity contribution in [2.75, 3.05) is 0 Å². The summed E-state index contributed by atoms with van der Waals surface area (Å²) in [6, 6.07) is 14.0. The molecule has 1 amide bonds. The molecule has 0 saturated carbocycles. The van der Waals surface area contributed by atoms with E-state index in [-0.39, 0.29) is 17.8 Å². The van der Waals surface area contributed by atoms with Crippen LogP contribution >= 0.6 is 0 Å². The molecule has 4 nitrogen and oxygen atoms in total. The molecular weight excluding hydrogens is 317 g/mol. The first-order valence-electron chi connectivity index (χ1n) is 7.95. The number of halogens is 1. The van der Waals surface area contributed by atoms with Gasteiger partial charge in [-0.3, -0.25) is 4.79 Å². The number of nitrogens with one attached hydrogen (secondary N) is 1. The first-order valence-corrected chi connectivity index (χ1v) is 7.95. The number of imidazole rings is 1. The molecule has 25 heavy (non-hydrogen) atoms. The van der Waals surface area contributed by atoms with Crippen LogP contribution in [-0.2, 0) is 4.79 Å². The fraction of sp³-hybridized carbons (Fsp3) is 0.100. The monoisotopic (exact) mass is 335 g/mol. The first kappa shape index (κ1) is 16.6. The molecule has 0 unspecified atom stereocenters. The van der Waals surface area contributed by atoms with Crippen molar-refractivity contribution in [2.45, 2.75) is 13.0 Å². The molecular formula is C20H18FN3O. The summed E-state index contributed by atoms with van der Waals surface area (Å²) in [5, 5.41) is 2.89. The minimum Gasteiger partial charge on any atom is -0.346 e. The highest BCUT2D eigenvalue weighted by molar-refractivity contribution is 5.92. The number of hydrogen-bond acceptors (Lipinski definition) is 2. The number of carbonyl (C=O) groups is 1. The van der Waals surface area contributed by atoms with Crippen LogP contribution in [0.1, 0.15) is 24.1 Å². The zero-order chi connectivity index (χ0) is 17.6. The third-order valence-electron chi connectivity index (χ3n) is 3.85. The Bertz CT molecular complexity index is 887. The molecule has 1 N–H and O–H groups in total. The highest BCUT2D eigenvalue weighted by Crippen LogP contribution is 2.17. The lowest BCUT2D eigenvalue weighted by atomic mass is 10.1. The van der Waals surface area contributed by atoms with E-state index in [2.05, 4.69) is 10.3 Å². The Kier molecular flexibility index (Phi) is 5.04. The molecule has 0 bridgehead atoms. The van der Waals surface area contributed by atoms with Crippen molar-refractivity contribution >= 4 is 12.0 Å². The summed E-state index contributed by atoms with van der Waals surface area (Å²) >= 11 is 0. The summed E-state index contributed by atoms with van der Waals surface area (Å²) in [6.45, 7) is 1.90. The van der Waals surface area contributed by atoms with E-state index < -0.39 is 0 Å². The molecule has 1 atom stereocenters. The van der Waals surface area contributed by atoms with Gasteiger partial charge in [0, 0.05) is 29.7 Å². The molecule has 0 spiro atoms. The molecule has 0 saturated heterocycles. The molecule has 0 fully saturated rings. The molecule has 3 aromatic rings. The Hall–Kier alpha value is -3.21. The van der Waals surface area contributed by atoms with Gasteiger partial charge < -0.3 is 9.88 Å². The van der Waals surface area contributed by atoms with Gasteiger partial charge in [0.05, 0.1) is 12.4 Å². The van der Waals surface area contributed by atoms with Gasteiger partial charge in [0.2, 0.25) is 5.91 Å². The lowest BCUT2D eigenvalue weighted by Crippen LogP contribution is -2.24. The van der Waals surface area contributed by atoms with Crippen molar-refractivity contribution in [3.05, 3.63) is 90.3 Å². The van der Waals surface area contributed by atoms with E-state index in [1.54, 1.807) is 30.7 Å². The van der Waals surface area contributed by atoms with Gasteiger partial charge in [0.25, 0.3) is 0 Å². The predicted molar refractivity (Wildman–Crippen MR) is 95.6 cm³/mol. The second-order valence-electron chi connectivity index (χ2n) is 5.65. The van der Waals surface area contributed by atoms with Gasteiger partial charge in [-0.05, 0) is 36.8 Å². The highest BCUT2D eigenvalue weighted by atomic mass is 19.1. The SMILES string of the molecule is C[C@H](NC(=O)C=Cc1ccccc1F)c1cccc(-n2ccnc2)c1. The largest absolute Gasteiger partial charge is 0.346 e. The second-order valence-corrected chi connectivity index (χ2v) is 5.65. The van der Waals surface area contributed by atoms with Crippen molar-refractivity contribution in [3.63, 3.8) is 0 Å². The number of nitrogens with zero attached hydrogens (tertiary/aromatic N) is 2. The summed E-state index contributed by atoms with van der Waals surface area (Å²) in [6.07, 6.45) is 8.11. The van der Waals surface area contributed by atoms with Crippen LogP contribution < -0.4 is 5.32 Å². The molecule has 0 aliphatic heterocycles. The van der Waals surface area contributed by atoms with E-state index >= 15 is 0 Å². The van der Waals surface area contributed by atoms with Crippen molar-refractivity contribution in [2.24, 2.45) is 0 Å². The summed E-state index contributed by atoms with van der Waals surface area (Å²) < 4.78 is 15.5. The predicted octanol–water partition coefficient (Wildman–Crippen LogP) is 3.90. The van der Waals surface area contributed by atoms with Gasteiger partial charge in [-0.2, -0.15) is 0 Å². The first-order chi connectivity index (χ1) is 12.1. The molecule has 0 aliphatic carbocycles. The maximum absolute atomic E-state index is 13.6. The van der Waals surface area contributed by atoms with Crippen LogP contribution in [0, 0.1) is 5.82 Å². The Morgan fingerprint density at radius 3 is 2.84 bits per heavy atom. The Balaban J connectivity index is 1.68. The number of carbonyl (C=O) groups excluding carboxylic acids is 1. The molecule has 1 aromatic heterocycles. The lowest BCUT2D eigenvalue weighted by molar-refractivity contribution is -0.117. The summed E-state index contributed by atoms with van der Waals surface area (Å²) in [7, 11) is 0. The maximum atomic E-state index is 13.6. The van der Waals surface area contributed by atoms with Gasteiger partial charge in [0.1, 0.15) is 5.82 Å². The van der Waals surface area contributed by atoms with Crippen LogP contribution in [0.25, 0.3) is 11.8 Å². The quantitative estimate of drug-likeness (QED) is 0.719. The number of rotatable bonds is 5. The number of amides is 1. The number of aromatic nitrogens is 2. The van der Waals surface area contributed by atoms with Gasteiger partial charge >= 0.3 is 0 Å². The van der Waals surface area contributed by atoms with Crippen LogP contribution in [0.3, 0.4) is 0 Å². The average Bonchev–Trinajstić information content (AvgIpc) is 3.16. The molecule has 3 rings (SSSR count). The van der Waals surface area contributed by atoms with Crippen molar-refractivity contribution in [1.29, 1.82) is 0 Å². The molecule has 5 heteroatoms. The summed E-state index contributed by atoms with van der Waals surface area (Å²) in [4.78, 5) is 16.1. The highest BCUT2D eigenvalue weighted by Gasteiger charge is 2.09. The minimum atomic E-state index is -0.354. The Morgan fingerprint density at radius 1 is 1.24 bits per heavy atom. The van der Waals surface area contributed by atoms with Crippen LogP contribution in [0.5, 0.6) is 0 Å². The standard InChI is InChI=1S/C20H18FN3O/c1-15(17-6-4-7-18(13-17)24-12-11-22-14-24)23-20(25)10-9-16-5-2-3-8-19(16)21/h2-15H,1H3,(H,23,25)/t15-/m0/s1. The Labute approximate surface area is 145 Å². The molecule has 126 valence electrons. The van der Waals surface area contributed by atoms with Crippen molar-refractivity contribution in [3.8, 4) is 5.69 Å². The zero-order valence-electron chi connectivity index (χ0n) is 13.8. The summed E-state index contributed by atoms with van der Waals surface area (Å²) in [5.41, 5.74) is 2.32. The third-order valence-corrected chi connectivity index (χ3v) is 3.85. The zero-order valence-corrected chi connectivity index (χ0v) is 13.8. The van der Waals surface area contributed by atoms with Crippen LogP contribution in [0.4, 0.5) is 4.39 Å².